The Morgan fingerprint density at radius 2 is 0.917 bits per heavy atom. The van der Waals surface area contributed by atoms with Crippen LogP contribution in [-0.2, 0) is 9.53 Å². The molecule has 144 valence electrons. The third-order valence-electron chi connectivity index (χ3n) is 4.75. The average molecular weight is 341 g/mol. The van der Waals surface area contributed by atoms with Crippen molar-refractivity contribution in [1.29, 1.82) is 0 Å². The molecule has 0 amide bonds. The molecular weight excluding hydrogens is 296 g/mol. The smallest absolute Gasteiger partial charge is 0.305 e. The van der Waals surface area contributed by atoms with Gasteiger partial charge >= 0.3 is 5.97 Å². The predicted molar refractivity (Wildman–Crippen MR) is 105 cm³/mol. The molecule has 0 aliphatic rings. The van der Waals surface area contributed by atoms with E-state index in [4.69, 9.17) is 4.74 Å². The van der Waals surface area contributed by atoms with Crippen molar-refractivity contribution in [3.63, 3.8) is 0 Å². The summed E-state index contributed by atoms with van der Waals surface area (Å²) in [6.07, 6.45) is 22.6. The third kappa shape index (κ3) is 19.5. The number of esters is 1. The van der Waals surface area contributed by atoms with Crippen molar-refractivity contribution in [3.05, 3.63) is 0 Å². The average Bonchev–Trinajstić information content (AvgIpc) is 2.59. The van der Waals surface area contributed by atoms with Crippen molar-refractivity contribution in [2.45, 2.75) is 129 Å². The summed E-state index contributed by atoms with van der Waals surface area (Å²) in [7, 11) is 0. The number of carbonyl (C=O) groups is 1. The number of unbranched alkanes of at least 4 members (excludes halogenated alkanes) is 15. The number of hydrogen-bond donors (Lipinski definition) is 0. The summed E-state index contributed by atoms with van der Waals surface area (Å²) in [4.78, 5) is 11.6. The fourth-order valence-corrected chi connectivity index (χ4v) is 3.07. The molecule has 0 aliphatic carbocycles. The number of ether oxygens (including phenoxy) is 1. The van der Waals surface area contributed by atoms with Gasteiger partial charge < -0.3 is 4.74 Å². The van der Waals surface area contributed by atoms with E-state index < -0.39 is 0 Å². The molecule has 0 aromatic carbocycles. The van der Waals surface area contributed by atoms with E-state index in [1.165, 1.54) is 96.3 Å². The first-order chi connectivity index (χ1) is 11.8. The summed E-state index contributed by atoms with van der Waals surface area (Å²) in [5.41, 5.74) is 0. The molecule has 0 bridgehead atoms. The Morgan fingerprint density at radius 1 is 0.542 bits per heavy atom. The van der Waals surface area contributed by atoms with Crippen LogP contribution in [0.5, 0.6) is 0 Å². The van der Waals surface area contributed by atoms with Crippen molar-refractivity contribution < 1.29 is 9.53 Å². The standard InChI is InChI=1S/C22H44O2/c1-3-5-7-9-11-12-13-14-15-17-19-21-24-22(23)20-18-16-10-8-6-4-2/h3-21H2,1-2H3. The summed E-state index contributed by atoms with van der Waals surface area (Å²) < 4.78 is 5.31. The molecule has 0 heterocycles. The van der Waals surface area contributed by atoms with Crippen LogP contribution in [0.2, 0.25) is 0 Å². The van der Waals surface area contributed by atoms with Crippen molar-refractivity contribution in [3.8, 4) is 0 Å². The van der Waals surface area contributed by atoms with E-state index in [-0.39, 0.29) is 5.97 Å². The lowest BCUT2D eigenvalue weighted by atomic mass is 10.1. The van der Waals surface area contributed by atoms with Gasteiger partial charge in [0.25, 0.3) is 0 Å². The van der Waals surface area contributed by atoms with E-state index in [1.54, 1.807) is 0 Å². The maximum atomic E-state index is 11.6. The maximum Gasteiger partial charge on any atom is 0.305 e. The Balaban J connectivity index is 3.11. The van der Waals surface area contributed by atoms with Crippen LogP contribution in [-0.4, -0.2) is 12.6 Å². The third-order valence-corrected chi connectivity index (χ3v) is 4.75. The second kappa shape index (κ2) is 20.5. The Bertz CT molecular complexity index is 250. The van der Waals surface area contributed by atoms with Gasteiger partial charge in [-0.1, -0.05) is 110 Å². The SMILES string of the molecule is CCCCCCCCCCCCCOC(=O)CCCCCCCC. The molecule has 24 heavy (non-hydrogen) atoms. The molecule has 0 unspecified atom stereocenters. The quantitative estimate of drug-likeness (QED) is 0.179. The lowest BCUT2D eigenvalue weighted by molar-refractivity contribution is -0.143. The van der Waals surface area contributed by atoms with Gasteiger partial charge in [0.05, 0.1) is 6.61 Å². The van der Waals surface area contributed by atoms with Crippen LogP contribution in [0.4, 0.5) is 0 Å². The zero-order valence-corrected chi connectivity index (χ0v) is 16.8. The van der Waals surface area contributed by atoms with Crippen LogP contribution < -0.4 is 0 Å². The van der Waals surface area contributed by atoms with Gasteiger partial charge in [0.2, 0.25) is 0 Å². The van der Waals surface area contributed by atoms with Crippen molar-refractivity contribution in [2.24, 2.45) is 0 Å². The summed E-state index contributed by atoms with van der Waals surface area (Å²) in [5, 5.41) is 0. The normalized spacial score (nSPS) is 10.9. The van der Waals surface area contributed by atoms with Gasteiger partial charge in [-0.05, 0) is 12.8 Å². The molecule has 0 spiro atoms. The van der Waals surface area contributed by atoms with Gasteiger partial charge in [0.1, 0.15) is 0 Å². The Hall–Kier alpha value is -0.530. The first kappa shape index (κ1) is 23.5. The first-order valence-electron chi connectivity index (χ1n) is 11.0. The highest BCUT2D eigenvalue weighted by Gasteiger charge is 2.02. The maximum absolute atomic E-state index is 11.6. The molecule has 0 atom stereocenters. The van der Waals surface area contributed by atoms with E-state index in [1.807, 2.05) is 0 Å². The topological polar surface area (TPSA) is 26.3 Å². The Kier molecular flexibility index (Phi) is 20.1. The fraction of sp³-hybridized carbons (Fsp3) is 0.955. The molecule has 2 nitrogen and oxygen atoms in total. The summed E-state index contributed by atoms with van der Waals surface area (Å²) in [6.45, 7) is 5.13. The molecule has 0 aromatic rings. The van der Waals surface area contributed by atoms with Crippen LogP contribution in [0.3, 0.4) is 0 Å². The Labute approximate surface area is 152 Å². The van der Waals surface area contributed by atoms with E-state index >= 15 is 0 Å². The van der Waals surface area contributed by atoms with Crippen LogP contribution in [0.1, 0.15) is 129 Å². The molecule has 0 N–H and O–H groups in total. The minimum absolute atomic E-state index is 0.0116. The summed E-state index contributed by atoms with van der Waals surface area (Å²) in [6, 6.07) is 0. The molecule has 0 fully saturated rings. The largest absolute Gasteiger partial charge is 0.466 e. The van der Waals surface area contributed by atoms with Gasteiger partial charge in [-0.2, -0.15) is 0 Å². The van der Waals surface area contributed by atoms with Crippen molar-refractivity contribution >= 4 is 5.97 Å². The number of hydrogen-bond acceptors (Lipinski definition) is 2. The molecular formula is C22H44O2. The van der Waals surface area contributed by atoms with E-state index in [0.717, 1.165) is 12.8 Å². The van der Waals surface area contributed by atoms with E-state index in [9.17, 15) is 4.79 Å². The minimum atomic E-state index is 0.0116. The van der Waals surface area contributed by atoms with Crippen molar-refractivity contribution in [1.82, 2.24) is 0 Å². The highest BCUT2D eigenvalue weighted by molar-refractivity contribution is 5.69. The van der Waals surface area contributed by atoms with Gasteiger partial charge in [0.15, 0.2) is 0 Å². The molecule has 0 saturated heterocycles. The van der Waals surface area contributed by atoms with Crippen LogP contribution in [0, 0.1) is 0 Å². The number of carbonyl (C=O) groups excluding carboxylic acids is 1. The first-order valence-corrected chi connectivity index (χ1v) is 11.0. The van der Waals surface area contributed by atoms with E-state index in [0.29, 0.717) is 13.0 Å². The van der Waals surface area contributed by atoms with Crippen molar-refractivity contribution in [2.75, 3.05) is 6.61 Å². The number of rotatable bonds is 19. The van der Waals surface area contributed by atoms with Crippen LogP contribution in [0.15, 0.2) is 0 Å². The molecule has 0 radical (unpaired) electrons. The van der Waals surface area contributed by atoms with Gasteiger partial charge in [-0.25, -0.2) is 0 Å². The zero-order chi connectivity index (χ0) is 17.7. The lowest BCUT2D eigenvalue weighted by Crippen LogP contribution is -2.05. The van der Waals surface area contributed by atoms with Gasteiger partial charge in [-0.3, -0.25) is 4.79 Å². The van der Waals surface area contributed by atoms with Gasteiger partial charge in [-0.15, -0.1) is 0 Å². The minimum Gasteiger partial charge on any atom is -0.466 e. The monoisotopic (exact) mass is 340 g/mol. The Morgan fingerprint density at radius 3 is 1.38 bits per heavy atom. The molecule has 0 rings (SSSR count). The van der Waals surface area contributed by atoms with Crippen LogP contribution >= 0.6 is 0 Å². The second-order valence-corrected chi connectivity index (χ2v) is 7.27. The van der Waals surface area contributed by atoms with Gasteiger partial charge in [0, 0.05) is 6.42 Å². The molecule has 0 saturated carbocycles. The fourth-order valence-electron chi connectivity index (χ4n) is 3.07. The predicted octanol–water partition coefficient (Wildman–Crippen LogP) is 7.59. The van der Waals surface area contributed by atoms with E-state index in [2.05, 4.69) is 13.8 Å². The second-order valence-electron chi connectivity index (χ2n) is 7.27. The molecule has 2 heteroatoms. The summed E-state index contributed by atoms with van der Waals surface area (Å²) in [5.74, 6) is 0.0116. The zero-order valence-electron chi connectivity index (χ0n) is 16.8. The highest BCUT2D eigenvalue weighted by Crippen LogP contribution is 2.11. The molecule has 0 aromatic heterocycles. The van der Waals surface area contributed by atoms with Crippen LogP contribution in [0.25, 0.3) is 0 Å². The highest BCUT2D eigenvalue weighted by atomic mass is 16.5. The lowest BCUT2D eigenvalue weighted by Gasteiger charge is -2.05. The molecule has 0 aliphatic heterocycles. The summed E-state index contributed by atoms with van der Waals surface area (Å²) >= 11 is 0.